The van der Waals surface area contributed by atoms with Crippen LogP contribution in [0.3, 0.4) is 0 Å². The second-order valence-electron chi connectivity index (χ2n) is 4.55. The molecule has 0 amide bonds. The first-order chi connectivity index (χ1) is 11.6. The Morgan fingerprint density at radius 2 is 1.88 bits per heavy atom. The van der Waals surface area contributed by atoms with E-state index >= 15 is 0 Å². The maximum atomic E-state index is 11.7. The Labute approximate surface area is 141 Å². The molecule has 8 nitrogen and oxygen atoms in total. The summed E-state index contributed by atoms with van der Waals surface area (Å²) in [5.74, 6) is 0.208. The predicted octanol–water partition coefficient (Wildman–Crippen LogP) is 3.08. The summed E-state index contributed by atoms with van der Waals surface area (Å²) in [6.07, 6.45) is -0.875. The van der Waals surface area contributed by atoms with Crippen LogP contribution in [0.25, 0.3) is 0 Å². The maximum Gasteiger partial charge on any atom is 0.514 e. The van der Waals surface area contributed by atoms with Crippen LogP contribution in [0.5, 0.6) is 5.75 Å². The molecule has 0 bridgehead atoms. The van der Waals surface area contributed by atoms with Crippen LogP contribution < -0.4 is 9.88 Å². The van der Waals surface area contributed by atoms with Gasteiger partial charge < -0.3 is 14.3 Å². The van der Waals surface area contributed by atoms with E-state index in [2.05, 4.69) is 4.84 Å². The van der Waals surface area contributed by atoms with Crippen molar-refractivity contribution in [1.82, 2.24) is 0 Å². The third kappa shape index (κ3) is 5.78. The van der Waals surface area contributed by atoms with E-state index in [0.29, 0.717) is 5.56 Å². The average molecular weight is 350 g/mol. The molecule has 24 heavy (non-hydrogen) atoms. The van der Waals surface area contributed by atoms with Gasteiger partial charge in [0.25, 0.3) is 5.09 Å². The largest absolute Gasteiger partial charge is 0.514 e. The molecule has 0 aliphatic carbocycles. The van der Waals surface area contributed by atoms with Gasteiger partial charge in [-0.05, 0) is 47.3 Å². The fourth-order valence-electron chi connectivity index (χ4n) is 1.76. The first-order valence-corrected chi connectivity index (χ1v) is 7.61. The van der Waals surface area contributed by atoms with Crippen molar-refractivity contribution in [2.24, 2.45) is 5.14 Å². The first-order valence-electron chi connectivity index (χ1n) is 6.73. The molecule has 2 N–H and O–H groups in total. The number of benzene rings is 2. The molecule has 0 saturated carbocycles. The molecular formula is C15H14N2O6S. The molecule has 0 aromatic heterocycles. The van der Waals surface area contributed by atoms with E-state index in [9.17, 15) is 14.9 Å². The lowest BCUT2D eigenvalue weighted by Crippen LogP contribution is -2.10. The number of ether oxygens (including phenoxy) is 2. The third-order valence-electron chi connectivity index (χ3n) is 2.85. The van der Waals surface area contributed by atoms with Gasteiger partial charge in [-0.25, -0.2) is 4.79 Å². The molecule has 0 radical (unpaired) electrons. The highest BCUT2D eigenvalue weighted by Gasteiger charge is 2.08. The van der Waals surface area contributed by atoms with Crippen molar-refractivity contribution >= 4 is 18.1 Å². The number of carbonyl (C=O) groups is 1. The lowest BCUT2D eigenvalue weighted by Gasteiger charge is -2.07. The van der Waals surface area contributed by atoms with Crippen LogP contribution in [-0.2, 0) is 22.8 Å². The highest BCUT2D eigenvalue weighted by molar-refractivity contribution is 7.97. The Balaban J connectivity index is 1.85. The fourth-order valence-corrected chi connectivity index (χ4v) is 2.05. The summed E-state index contributed by atoms with van der Waals surface area (Å²) < 4.78 is 10.0. The first kappa shape index (κ1) is 17.6. The number of nitrogens with zero attached hydrogens (tertiary/aromatic N) is 1. The summed E-state index contributed by atoms with van der Waals surface area (Å²) in [7, 11) is 0. The fraction of sp³-hybridized carbons (Fsp3) is 0.133. The van der Waals surface area contributed by atoms with Gasteiger partial charge >= 0.3 is 6.16 Å². The molecule has 0 fully saturated rings. The maximum absolute atomic E-state index is 11.7. The standard InChI is InChI=1S/C15H14N2O6S/c16-24-14-6-4-11(5-7-14)9-21-15(18)23-13-3-1-2-12(8-13)10-22-17(19)20/h1-8H,9-10,16H2. The number of carbonyl (C=O) groups excluding carboxylic acids is 1. The van der Waals surface area contributed by atoms with E-state index in [-0.39, 0.29) is 19.0 Å². The minimum atomic E-state index is -0.893. The van der Waals surface area contributed by atoms with Gasteiger partial charge in [0.2, 0.25) is 0 Å². The summed E-state index contributed by atoms with van der Waals surface area (Å²) in [6.45, 7) is -0.177. The van der Waals surface area contributed by atoms with E-state index in [1.54, 1.807) is 24.3 Å². The van der Waals surface area contributed by atoms with Gasteiger partial charge in [-0.2, -0.15) is 0 Å². The van der Waals surface area contributed by atoms with Gasteiger partial charge in [-0.1, -0.05) is 24.3 Å². The summed E-state index contributed by atoms with van der Waals surface area (Å²) >= 11 is 1.13. The van der Waals surface area contributed by atoms with Crippen LogP contribution >= 0.6 is 11.9 Å². The lowest BCUT2D eigenvalue weighted by atomic mass is 10.2. The summed E-state index contributed by atoms with van der Waals surface area (Å²) in [5.41, 5.74) is 1.28. The number of hydrogen-bond acceptors (Lipinski definition) is 8. The van der Waals surface area contributed by atoms with Crippen molar-refractivity contribution in [1.29, 1.82) is 0 Å². The van der Waals surface area contributed by atoms with Gasteiger partial charge in [0.05, 0.1) is 0 Å². The summed E-state index contributed by atoms with van der Waals surface area (Å²) in [6, 6.07) is 13.4. The van der Waals surface area contributed by atoms with Gasteiger partial charge in [-0.3, -0.25) is 5.14 Å². The van der Waals surface area contributed by atoms with Crippen molar-refractivity contribution in [2.45, 2.75) is 18.1 Å². The van der Waals surface area contributed by atoms with Crippen molar-refractivity contribution < 1.29 is 24.2 Å². The molecule has 0 aliphatic rings. The molecule has 126 valence electrons. The van der Waals surface area contributed by atoms with Crippen LogP contribution in [0.1, 0.15) is 11.1 Å². The normalized spacial score (nSPS) is 10.0. The van der Waals surface area contributed by atoms with E-state index < -0.39 is 11.2 Å². The molecule has 0 heterocycles. The molecule has 2 aromatic rings. The molecule has 0 aliphatic heterocycles. The van der Waals surface area contributed by atoms with E-state index in [4.69, 9.17) is 14.6 Å². The third-order valence-corrected chi connectivity index (χ3v) is 3.40. The van der Waals surface area contributed by atoms with E-state index in [1.165, 1.54) is 12.1 Å². The van der Waals surface area contributed by atoms with Crippen LogP contribution in [0.2, 0.25) is 0 Å². The van der Waals surface area contributed by atoms with E-state index in [0.717, 1.165) is 22.4 Å². The quantitative estimate of drug-likeness (QED) is 0.266. The van der Waals surface area contributed by atoms with Crippen molar-refractivity contribution in [3.63, 3.8) is 0 Å². The van der Waals surface area contributed by atoms with Crippen molar-refractivity contribution in [3.8, 4) is 5.75 Å². The molecular weight excluding hydrogens is 336 g/mol. The summed E-state index contributed by atoms with van der Waals surface area (Å²) in [4.78, 5) is 27.0. The van der Waals surface area contributed by atoms with Gasteiger partial charge in [0, 0.05) is 4.90 Å². The smallest absolute Gasteiger partial charge is 0.429 e. The summed E-state index contributed by atoms with van der Waals surface area (Å²) in [5, 5.41) is 14.7. The predicted molar refractivity (Wildman–Crippen MR) is 85.5 cm³/mol. The second kappa shape index (κ2) is 8.75. The van der Waals surface area contributed by atoms with Crippen molar-refractivity contribution in [2.75, 3.05) is 0 Å². The molecule has 0 saturated heterocycles. The highest BCUT2D eigenvalue weighted by atomic mass is 32.2. The minimum Gasteiger partial charge on any atom is -0.429 e. The van der Waals surface area contributed by atoms with Gasteiger partial charge in [0.15, 0.2) is 0 Å². The second-order valence-corrected chi connectivity index (χ2v) is 5.25. The molecule has 0 unspecified atom stereocenters. The van der Waals surface area contributed by atoms with Crippen LogP contribution in [0, 0.1) is 10.1 Å². The van der Waals surface area contributed by atoms with Gasteiger partial charge in [-0.15, -0.1) is 10.1 Å². The Morgan fingerprint density at radius 1 is 1.12 bits per heavy atom. The zero-order chi connectivity index (χ0) is 17.4. The number of nitrogens with two attached hydrogens (primary N) is 1. The number of hydrogen-bond donors (Lipinski definition) is 1. The Morgan fingerprint density at radius 3 is 2.54 bits per heavy atom. The minimum absolute atomic E-state index is 0.0540. The molecule has 2 aromatic carbocycles. The van der Waals surface area contributed by atoms with E-state index in [1.807, 2.05) is 12.1 Å². The van der Waals surface area contributed by atoms with Gasteiger partial charge in [0.1, 0.15) is 19.0 Å². The lowest BCUT2D eigenvalue weighted by molar-refractivity contribution is -0.763. The molecule has 2 rings (SSSR count). The zero-order valence-electron chi connectivity index (χ0n) is 12.4. The topological polar surface area (TPSA) is 114 Å². The highest BCUT2D eigenvalue weighted by Crippen LogP contribution is 2.16. The number of rotatable bonds is 7. The Kier molecular flexibility index (Phi) is 6.41. The molecule has 0 atom stereocenters. The molecule has 0 spiro atoms. The van der Waals surface area contributed by atoms with Crippen LogP contribution in [0.15, 0.2) is 53.4 Å². The molecule has 9 heteroatoms. The Bertz CT molecular complexity index is 707. The van der Waals surface area contributed by atoms with Crippen molar-refractivity contribution in [3.05, 3.63) is 69.8 Å². The van der Waals surface area contributed by atoms with Crippen LogP contribution in [-0.4, -0.2) is 11.2 Å². The average Bonchev–Trinajstić information content (AvgIpc) is 2.59. The van der Waals surface area contributed by atoms with Crippen LogP contribution in [0.4, 0.5) is 4.79 Å². The SMILES string of the molecule is NSc1ccc(COC(=O)Oc2cccc(CO[N+](=O)[O-])c2)cc1. The Hall–Kier alpha value is -2.78. The zero-order valence-corrected chi connectivity index (χ0v) is 13.2. The monoisotopic (exact) mass is 350 g/mol.